The summed E-state index contributed by atoms with van der Waals surface area (Å²) in [5.74, 6) is 0.643. The van der Waals surface area contributed by atoms with Gasteiger partial charge in [0.25, 0.3) is 5.69 Å². The molecule has 0 aliphatic rings. The molecule has 0 aliphatic heterocycles. The molecule has 0 atom stereocenters. The van der Waals surface area contributed by atoms with Crippen molar-refractivity contribution in [1.82, 2.24) is 9.97 Å². The van der Waals surface area contributed by atoms with E-state index in [9.17, 15) is 10.1 Å². The van der Waals surface area contributed by atoms with Crippen LogP contribution in [0.25, 0.3) is 10.9 Å². The minimum Gasteiger partial charge on any atom is -0.364 e. The van der Waals surface area contributed by atoms with E-state index >= 15 is 0 Å². The number of nitro groups is 1. The summed E-state index contributed by atoms with van der Waals surface area (Å²) in [5, 5.41) is 15.0. The highest BCUT2D eigenvalue weighted by Gasteiger charge is 2.21. The first-order valence-corrected chi connectivity index (χ1v) is 6.66. The standard InChI is InChI=1S/C14H18N4O2/c1-4-14(3,5-2)17-13-11-8-10(18(19)20)6-7-12(11)15-9-16-13/h6-9H,4-5H2,1-3H3,(H,15,16,17). The summed E-state index contributed by atoms with van der Waals surface area (Å²) < 4.78 is 0. The van der Waals surface area contributed by atoms with Gasteiger partial charge in [-0.2, -0.15) is 0 Å². The third kappa shape index (κ3) is 2.68. The van der Waals surface area contributed by atoms with Gasteiger partial charge in [0.05, 0.1) is 10.4 Å². The number of benzene rings is 1. The van der Waals surface area contributed by atoms with Gasteiger partial charge in [0, 0.05) is 23.1 Å². The van der Waals surface area contributed by atoms with E-state index < -0.39 is 4.92 Å². The quantitative estimate of drug-likeness (QED) is 0.666. The van der Waals surface area contributed by atoms with Crippen LogP contribution in [0.5, 0.6) is 0 Å². The van der Waals surface area contributed by atoms with E-state index in [2.05, 4.69) is 36.1 Å². The van der Waals surface area contributed by atoms with Crippen LogP contribution < -0.4 is 5.32 Å². The van der Waals surface area contributed by atoms with Gasteiger partial charge in [-0.25, -0.2) is 9.97 Å². The van der Waals surface area contributed by atoms with Crippen LogP contribution in [0.15, 0.2) is 24.5 Å². The molecule has 0 bridgehead atoms. The Bertz CT molecular complexity index is 638. The Labute approximate surface area is 117 Å². The maximum atomic E-state index is 10.9. The zero-order valence-corrected chi connectivity index (χ0v) is 11.9. The normalized spacial score (nSPS) is 11.6. The second-order valence-electron chi connectivity index (χ2n) is 5.07. The lowest BCUT2D eigenvalue weighted by molar-refractivity contribution is -0.384. The largest absolute Gasteiger partial charge is 0.364 e. The number of hydrogen-bond acceptors (Lipinski definition) is 5. The molecule has 0 radical (unpaired) electrons. The fraction of sp³-hybridized carbons (Fsp3) is 0.429. The predicted molar refractivity (Wildman–Crippen MR) is 78.8 cm³/mol. The van der Waals surface area contributed by atoms with Crippen LogP contribution in [-0.2, 0) is 0 Å². The van der Waals surface area contributed by atoms with Crippen molar-refractivity contribution in [3.8, 4) is 0 Å². The zero-order valence-electron chi connectivity index (χ0n) is 11.9. The Morgan fingerprint density at radius 1 is 1.30 bits per heavy atom. The highest BCUT2D eigenvalue weighted by molar-refractivity contribution is 5.90. The summed E-state index contributed by atoms with van der Waals surface area (Å²) in [6, 6.07) is 4.62. The highest BCUT2D eigenvalue weighted by atomic mass is 16.6. The molecule has 0 saturated heterocycles. The predicted octanol–water partition coefficient (Wildman–Crippen LogP) is 3.53. The molecule has 0 aliphatic carbocycles. The van der Waals surface area contributed by atoms with Crippen molar-refractivity contribution in [1.29, 1.82) is 0 Å². The van der Waals surface area contributed by atoms with E-state index in [1.54, 1.807) is 6.07 Å². The first kappa shape index (κ1) is 14.2. The Kier molecular flexibility index (Phi) is 3.83. The van der Waals surface area contributed by atoms with Crippen LogP contribution in [-0.4, -0.2) is 20.4 Å². The molecule has 2 aromatic rings. The summed E-state index contributed by atoms with van der Waals surface area (Å²) in [4.78, 5) is 18.9. The van der Waals surface area contributed by atoms with E-state index in [1.807, 2.05) is 0 Å². The summed E-state index contributed by atoms with van der Waals surface area (Å²) >= 11 is 0. The van der Waals surface area contributed by atoms with Crippen LogP contribution >= 0.6 is 0 Å². The van der Waals surface area contributed by atoms with E-state index in [-0.39, 0.29) is 11.2 Å². The lowest BCUT2D eigenvalue weighted by Gasteiger charge is -2.29. The van der Waals surface area contributed by atoms with Crippen LogP contribution in [0, 0.1) is 10.1 Å². The Hall–Kier alpha value is -2.24. The highest BCUT2D eigenvalue weighted by Crippen LogP contribution is 2.28. The lowest BCUT2D eigenvalue weighted by Crippen LogP contribution is -2.33. The molecule has 6 heteroatoms. The smallest absolute Gasteiger partial charge is 0.270 e. The van der Waals surface area contributed by atoms with Crippen LogP contribution in [0.4, 0.5) is 11.5 Å². The molecular weight excluding hydrogens is 256 g/mol. The van der Waals surface area contributed by atoms with Gasteiger partial charge >= 0.3 is 0 Å². The summed E-state index contributed by atoms with van der Waals surface area (Å²) in [5.41, 5.74) is 0.652. The molecule has 6 nitrogen and oxygen atoms in total. The third-order valence-corrected chi connectivity index (χ3v) is 3.81. The molecule has 0 spiro atoms. The van der Waals surface area contributed by atoms with Crippen molar-refractivity contribution in [2.45, 2.75) is 39.2 Å². The molecule has 1 heterocycles. The van der Waals surface area contributed by atoms with Crippen molar-refractivity contribution in [3.63, 3.8) is 0 Å². The average molecular weight is 274 g/mol. The fourth-order valence-electron chi connectivity index (χ4n) is 1.97. The zero-order chi connectivity index (χ0) is 14.8. The second-order valence-corrected chi connectivity index (χ2v) is 5.07. The first-order valence-electron chi connectivity index (χ1n) is 6.66. The number of rotatable bonds is 5. The Morgan fingerprint density at radius 3 is 2.60 bits per heavy atom. The maximum absolute atomic E-state index is 10.9. The minimum atomic E-state index is -0.408. The van der Waals surface area contributed by atoms with Gasteiger partial charge in [0.1, 0.15) is 12.1 Å². The molecule has 1 aromatic carbocycles. The summed E-state index contributed by atoms with van der Waals surface area (Å²) in [6.07, 6.45) is 3.34. The molecule has 0 saturated carbocycles. The average Bonchev–Trinajstić information content (AvgIpc) is 2.47. The molecular formula is C14H18N4O2. The molecule has 0 amide bonds. The number of nitro benzene ring substituents is 1. The maximum Gasteiger partial charge on any atom is 0.270 e. The van der Waals surface area contributed by atoms with E-state index in [0.29, 0.717) is 16.7 Å². The number of non-ortho nitro benzene ring substituents is 1. The molecule has 106 valence electrons. The molecule has 2 rings (SSSR count). The van der Waals surface area contributed by atoms with E-state index in [1.165, 1.54) is 18.5 Å². The number of nitrogens with one attached hydrogen (secondary N) is 1. The number of nitrogens with zero attached hydrogens (tertiary/aromatic N) is 3. The number of anilines is 1. The van der Waals surface area contributed by atoms with Crippen LogP contribution in [0.1, 0.15) is 33.6 Å². The van der Waals surface area contributed by atoms with Gasteiger partial charge in [-0.1, -0.05) is 13.8 Å². The third-order valence-electron chi connectivity index (χ3n) is 3.81. The Balaban J connectivity index is 2.52. The summed E-state index contributed by atoms with van der Waals surface area (Å²) in [7, 11) is 0. The van der Waals surface area contributed by atoms with Gasteiger partial charge < -0.3 is 5.32 Å². The van der Waals surface area contributed by atoms with Gasteiger partial charge in [-0.05, 0) is 25.8 Å². The fourth-order valence-corrected chi connectivity index (χ4v) is 1.97. The molecule has 1 aromatic heterocycles. The number of aromatic nitrogens is 2. The Morgan fingerprint density at radius 2 is 2.00 bits per heavy atom. The van der Waals surface area contributed by atoms with Gasteiger partial charge in [-0.15, -0.1) is 0 Å². The van der Waals surface area contributed by atoms with Crippen molar-refractivity contribution < 1.29 is 4.92 Å². The van der Waals surface area contributed by atoms with Crippen LogP contribution in [0.2, 0.25) is 0 Å². The van der Waals surface area contributed by atoms with Gasteiger partial charge in [-0.3, -0.25) is 10.1 Å². The molecule has 1 N–H and O–H groups in total. The monoisotopic (exact) mass is 274 g/mol. The van der Waals surface area contributed by atoms with Crippen molar-refractivity contribution in [2.75, 3.05) is 5.32 Å². The van der Waals surface area contributed by atoms with E-state index in [0.717, 1.165) is 12.8 Å². The second kappa shape index (κ2) is 5.40. The van der Waals surface area contributed by atoms with Crippen LogP contribution in [0.3, 0.4) is 0 Å². The van der Waals surface area contributed by atoms with Crippen molar-refractivity contribution >= 4 is 22.4 Å². The van der Waals surface area contributed by atoms with Gasteiger partial charge in [0.15, 0.2) is 0 Å². The van der Waals surface area contributed by atoms with Crippen molar-refractivity contribution in [3.05, 3.63) is 34.6 Å². The number of fused-ring (bicyclic) bond motifs is 1. The molecule has 0 fully saturated rings. The topological polar surface area (TPSA) is 81.0 Å². The number of hydrogen-bond donors (Lipinski definition) is 1. The lowest BCUT2D eigenvalue weighted by atomic mass is 9.95. The van der Waals surface area contributed by atoms with Gasteiger partial charge in [0.2, 0.25) is 0 Å². The SMILES string of the molecule is CCC(C)(CC)Nc1ncnc2ccc([N+](=O)[O-])cc12. The molecule has 0 unspecified atom stereocenters. The van der Waals surface area contributed by atoms with E-state index in [4.69, 9.17) is 0 Å². The summed E-state index contributed by atoms with van der Waals surface area (Å²) in [6.45, 7) is 6.31. The molecule has 20 heavy (non-hydrogen) atoms. The first-order chi connectivity index (χ1) is 9.49. The minimum absolute atomic E-state index is 0.0463. The van der Waals surface area contributed by atoms with Crippen molar-refractivity contribution in [2.24, 2.45) is 0 Å².